The predicted molar refractivity (Wildman–Crippen MR) is 105 cm³/mol. The average Bonchev–Trinajstić information content (AvgIpc) is 3.15. The molecule has 9 nitrogen and oxygen atoms in total. The van der Waals surface area contributed by atoms with Crippen molar-refractivity contribution in [3.05, 3.63) is 29.8 Å². The maximum Gasteiger partial charge on any atom is 0.261 e. The zero-order chi connectivity index (χ0) is 19.9. The fourth-order valence-electron chi connectivity index (χ4n) is 2.85. The van der Waals surface area contributed by atoms with Crippen molar-refractivity contribution in [2.45, 2.75) is 18.6 Å². The highest BCUT2D eigenvalue weighted by Gasteiger charge is 2.21. The van der Waals surface area contributed by atoms with Crippen molar-refractivity contribution in [3.63, 3.8) is 0 Å². The van der Waals surface area contributed by atoms with Gasteiger partial charge in [-0.3, -0.25) is 19.5 Å². The Kier molecular flexibility index (Phi) is 6.88. The number of benzene rings is 1. The highest BCUT2D eigenvalue weighted by atomic mass is 32.2. The second-order valence-corrected chi connectivity index (χ2v) is 6.94. The van der Waals surface area contributed by atoms with Crippen LogP contribution in [0.1, 0.15) is 17.3 Å². The van der Waals surface area contributed by atoms with Gasteiger partial charge in [0.2, 0.25) is 11.9 Å². The van der Waals surface area contributed by atoms with Gasteiger partial charge >= 0.3 is 0 Å². The van der Waals surface area contributed by atoms with Crippen LogP contribution in [0.2, 0.25) is 0 Å². The number of thioether (sulfide) groups is 1. The summed E-state index contributed by atoms with van der Waals surface area (Å²) in [5, 5.41) is 11.5. The molecule has 0 radical (unpaired) electrons. The number of nitrogens with one attached hydrogen (secondary N) is 1. The first-order chi connectivity index (χ1) is 13.6. The second kappa shape index (κ2) is 9.56. The van der Waals surface area contributed by atoms with E-state index in [1.165, 1.54) is 18.9 Å². The quantitative estimate of drug-likeness (QED) is 0.686. The van der Waals surface area contributed by atoms with Gasteiger partial charge in [-0.15, -0.1) is 10.2 Å². The number of carbonyl (C=O) groups is 2. The molecule has 1 aliphatic heterocycles. The van der Waals surface area contributed by atoms with Gasteiger partial charge < -0.3 is 14.4 Å². The van der Waals surface area contributed by atoms with Crippen molar-refractivity contribution in [2.75, 3.05) is 44.1 Å². The number of morpholine rings is 1. The molecule has 0 spiro atoms. The van der Waals surface area contributed by atoms with Gasteiger partial charge in [-0.05, 0) is 19.1 Å². The van der Waals surface area contributed by atoms with E-state index in [9.17, 15) is 9.59 Å². The smallest absolute Gasteiger partial charge is 0.261 e. The van der Waals surface area contributed by atoms with Crippen molar-refractivity contribution >= 4 is 29.5 Å². The van der Waals surface area contributed by atoms with Gasteiger partial charge in [0.05, 0.1) is 31.6 Å². The van der Waals surface area contributed by atoms with E-state index in [-0.39, 0.29) is 5.75 Å². The van der Waals surface area contributed by atoms with Gasteiger partial charge in [0.15, 0.2) is 5.16 Å². The van der Waals surface area contributed by atoms with E-state index in [1.807, 2.05) is 11.5 Å². The number of hydrogen-bond acceptors (Lipinski definition) is 8. The minimum Gasteiger partial charge on any atom is -0.496 e. The number of para-hydroxylation sites is 1. The molecule has 0 unspecified atom stereocenters. The Bertz CT molecular complexity index is 835. The molecule has 150 valence electrons. The lowest BCUT2D eigenvalue weighted by Gasteiger charge is -2.27. The van der Waals surface area contributed by atoms with Crippen LogP contribution in [-0.2, 0) is 16.1 Å². The Morgan fingerprint density at radius 2 is 2.00 bits per heavy atom. The fraction of sp³-hybridized carbons (Fsp3) is 0.444. The standard InChI is InChI=1S/C18H23N5O4S/c1-3-23-17(22-8-10-27-11-9-22)20-21-18(23)28-12-15(24)19-16(25)13-6-4-5-7-14(13)26-2/h4-7H,3,8-12H2,1-2H3,(H,19,24,25). The van der Waals surface area contributed by atoms with Gasteiger partial charge in [-0.1, -0.05) is 23.9 Å². The molecule has 2 heterocycles. The van der Waals surface area contributed by atoms with Gasteiger partial charge in [0.25, 0.3) is 5.91 Å². The number of amides is 2. The minimum absolute atomic E-state index is 0.0577. The van der Waals surface area contributed by atoms with Gasteiger partial charge in [0.1, 0.15) is 5.75 Å². The molecule has 1 aliphatic rings. The SMILES string of the molecule is CCn1c(SCC(=O)NC(=O)c2ccccc2OC)nnc1N1CCOCC1. The molecular formula is C18H23N5O4S. The van der Waals surface area contributed by atoms with Gasteiger partial charge in [0, 0.05) is 19.6 Å². The molecule has 1 aromatic heterocycles. The predicted octanol–water partition coefficient (Wildman–Crippen LogP) is 1.19. The zero-order valence-corrected chi connectivity index (χ0v) is 16.7. The van der Waals surface area contributed by atoms with E-state index in [2.05, 4.69) is 20.4 Å². The highest BCUT2D eigenvalue weighted by Crippen LogP contribution is 2.22. The highest BCUT2D eigenvalue weighted by molar-refractivity contribution is 7.99. The van der Waals surface area contributed by atoms with Crippen LogP contribution in [0.4, 0.5) is 5.95 Å². The van der Waals surface area contributed by atoms with Crippen molar-refractivity contribution in [2.24, 2.45) is 0 Å². The maximum atomic E-state index is 12.3. The molecule has 3 rings (SSSR count). The number of ether oxygens (including phenoxy) is 2. The van der Waals surface area contributed by atoms with Gasteiger partial charge in [-0.2, -0.15) is 0 Å². The largest absolute Gasteiger partial charge is 0.496 e. The number of anilines is 1. The lowest BCUT2D eigenvalue weighted by atomic mass is 10.2. The van der Waals surface area contributed by atoms with E-state index in [4.69, 9.17) is 9.47 Å². The van der Waals surface area contributed by atoms with Crippen molar-refractivity contribution in [1.29, 1.82) is 0 Å². The van der Waals surface area contributed by atoms with Crippen LogP contribution < -0.4 is 15.0 Å². The van der Waals surface area contributed by atoms with Crippen molar-refractivity contribution in [3.8, 4) is 5.75 Å². The number of imide groups is 1. The molecule has 0 atom stereocenters. The number of carbonyl (C=O) groups excluding carboxylic acids is 2. The molecule has 2 aromatic rings. The van der Waals surface area contributed by atoms with Crippen LogP contribution in [0, 0.1) is 0 Å². The molecule has 1 saturated heterocycles. The zero-order valence-electron chi connectivity index (χ0n) is 15.9. The summed E-state index contributed by atoms with van der Waals surface area (Å²) >= 11 is 1.25. The van der Waals surface area contributed by atoms with Crippen molar-refractivity contribution < 1.29 is 19.1 Å². The monoisotopic (exact) mass is 405 g/mol. The molecule has 1 aromatic carbocycles. The Morgan fingerprint density at radius 1 is 1.25 bits per heavy atom. The molecule has 10 heteroatoms. The summed E-state index contributed by atoms with van der Waals surface area (Å²) in [5.41, 5.74) is 0.315. The van der Waals surface area contributed by atoms with Crippen LogP contribution in [-0.4, -0.2) is 65.7 Å². The van der Waals surface area contributed by atoms with Crippen LogP contribution in [0.15, 0.2) is 29.4 Å². The van der Waals surface area contributed by atoms with E-state index in [0.717, 1.165) is 19.0 Å². The number of rotatable bonds is 7. The minimum atomic E-state index is -0.492. The molecule has 1 fully saturated rings. The Morgan fingerprint density at radius 3 is 2.71 bits per heavy atom. The molecule has 28 heavy (non-hydrogen) atoms. The first kappa shape index (κ1) is 20.2. The average molecular weight is 405 g/mol. The molecule has 2 amide bonds. The summed E-state index contributed by atoms with van der Waals surface area (Å²) in [6.07, 6.45) is 0. The molecule has 1 N–H and O–H groups in total. The third-order valence-corrected chi connectivity index (χ3v) is 5.21. The van der Waals surface area contributed by atoms with E-state index < -0.39 is 11.8 Å². The number of aromatic nitrogens is 3. The van der Waals surface area contributed by atoms with Crippen LogP contribution in [0.3, 0.4) is 0 Å². The molecule has 0 aliphatic carbocycles. The maximum absolute atomic E-state index is 12.3. The first-order valence-corrected chi connectivity index (χ1v) is 9.98. The molecule has 0 saturated carbocycles. The summed E-state index contributed by atoms with van der Waals surface area (Å²) in [5.74, 6) is 0.357. The number of methoxy groups -OCH3 is 1. The molecule has 0 bridgehead atoms. The van der Waals surface area contributed by atoms with Crippen molar-refractivity contribution in [1.82, 2.24) is 20.1 Å². The summed E-state index contributed by atoms with van der Waals surface area (Å²) in [6.45, 7) is 5.53. The summed E-state index contributed by atoms with van der Waals surface area (Å²) in [4.78, 5) is 26.7. The third kappa shape index (κ3) is 4.63. The Hall–Kier alpha value is -2.59. The summed E-state index contributed by atoms with van der Waals surface area (Å²) in [6, 6.07) is 6.76. The van der Waals surface area contributed by atoms with Crippen LogP contribution >= 0.6 is 11.8 Å². The third-order valence-electron chi connectivity index (χ3n) is 4.24. The number of nitrogens with zero attached hydrogens (tertiary/aromatic N) is 4. The summed E-state index contributed by atoms with van der Waals surface area (Å²) < 4.78 is 12.5. The lowest BCUT2D eigenvalue weighted by molar-refractivity contribution is -0.117. The topological polar surface area (TPSA) is 98.6 Å². The normalized spacial score (nSPS) is 14.0. The first-order valence-electron chi connectivity index (χ1n) is 9.00. The van der Waals surface area contributed by atoms with E-state index in [0.29, 0.717) is 36.2 Å². The van der Waals surface area contributed by atoms with Crippen LogP contribution in [0.5, 0.6) is 5.75 Å². The number of hydrogen-bond donors (Lipinski definition) is 1. The Labute approximate surface area is 167 Å². The second-order valence-electron chi connectivity index (χ2n) is 5.99. The van der Waals surface area contributed by atoms with E-state index >= 15 is 0 Å². The fourth-order valence-corrected chi connectivity index (χ4v) is 3.65. The van der Waals surface area contributed by atoms with Gasteiger partial charge in [-0.25, -0.2) is 0 Å². The van der Waals surface area contributed by atoms with Crippen LogP contribution in [0.25, 0.3) is 0 Å². The Balaban J connectivity index is 1.60. The molecular weight excluding hydrogens is 382 g/mol. The summed E-state index contributed by atoms with van der Waals surface area (Å²) in [7, 11) is 1.48. The lowest BCUT2D eigenvalue weighted by Crippen LogP contribution is -2.38. The van der Waals surface area contributed by atoms with E-state index in [1.54, 1.807) is 24.3 Å².